The number of imide groups is 1. The molecule has 6 nitrogen and oxygen atoms in total. The number of hydrogen-bond donors (Lipinski definition) is 1. The van der Waals surface area contributed by atoms with E-state index in [1.165, 1.54) is 17.0 Å². The zero-order chi connectivity index (χ0) is 21.9. The highest BCUT2D eigenvalue weighted by molar-refractivity contribution is 9.10. The first kappa shape index (κ1) is 21.1. The number of sulfonamides is 1. The number of nitrogens with one attached hydrogen (secondary N) is 1. The summed E-state index contributed by atoms with van der Waals surface area (Å²) < 4.78 is 29.1. The van der Waals surface area contributed by atoms with Gasteiger partial charge in [-0.25, -0.2) is 13.3 Å². The van der Waals surface area contributed by atoms with Crippen LogP contribution in [-0.2, 0) is 19.6 Å². The van der Waals surface area contributed by atoms with E-state index in [0.717, 1.165) is 4.47 Å². The van der Waals surface area contributed by atoms with Crippen LogP contribution in [-0.4, -0.2) is 20.2 Å². The molecule has 2 aromatic rings. The minimum atomic E-state index is -3.89. The molecule has 1 heterocycles. The summed E-state index contributed by atoms with van der Waals surface area (Å²) in [6, 6.07) is 12.7. The van der Waals surface area contributed by atoms with E-state index in [1.54, 1.807) is 36.4 Å². The van der Waals surface area contributed by atoms with Crippen LogP contribution in [0.25, 0.3) is 0 Å². The molecule has 0 aromatic heterocycles. The molecule has 2 aliphatic rings. The number of rotatable bonds is 4. The Bertz CT molecular complexity index is 1140. The second-order valence-electron chi connectivity index (χ2n) is 8.73. The number of halogens is 1. The fourth-order valence-corrected chi connectivity index (χ4v) is 5.95. The van der Waals surface area contributed by atoms with E-state index in [4.69, 9.17) is 0 Å². The Labute approximate surface area is 184 Å². The minimum absolute atomic E-state index is 0.00847. The Balaban J connectivity index is 1.69. The normalized spacial score (nSPS) is 25.5. The van der Waals surface area contributed by atoms with Crippen LogP contribution < -0.4 is 9.62 Å². The van der Waals surface area contributed by atoms with E-state index >= 15 is 0 Å². The van der Waals surface area contributed by atoms with Gasteiger partial charge in [-0.3, -0.25) is 14.3 Å². The number of hydrogen-bond acceptors (Lipinski definition) is 4. The van der Waals surface area contributed by atoms with Crippen molar-refractivity contribution < 1.29 is 18.0 Å². The highest BCUT2D eigenvalue weighted by Crippen LogP contribution is 2.60. The molecular formula is C22H23BrN2O4S. The Morgan fingerprint density at radius 2 is 1.73 bits per heavy atom. The van der Waals surface area contributed by atoms with Crippen LogP contribution in [0, 0.1) is 16.7 Å². The third-order valence-corrected chi connectivity index (χ3v) is 8.81. The van der Waals surface area contributed by atoms with Crippen molar-refractivity contribution in [2.45, 2.75) is 38.5 Å². The van der Waals surface area contributed by atoms with E-state index in [9.17, 15) is 18.0 Å². The number of carbonyl (C=O) groups is 2. The zero-order valence-corrected chi connectivity index (χ0v) is 19.4. The van der Waals surface area contributed by atoms with Crippen molar-refractivity contribution in [1.29, 1.82) is 0 Å². The van der Waals surface area contributed by atoms with Gasteiger partial charge in [0.25, 0.3) is 10.0 Å². The second kappa shape index (κ2) is 6.92. The van der Waals surface area contributed by atoms with Crippen molar-refractivity contribution >= 4 is 49.1 Å². The molecule has 1 aliphatic heterocycles. The first-order valence-electron chi connectivity index (χ1n) is 9.74. The second-order valence-corrected chi connectivity index (χ2v) is 11.3. The highest BCUT2D eigenvalue weighted by Gasteiger charge is 2.64. The van der Waals surface area contributed by atoms with Crippen LogP contribution in [0.1, 0.15) is 33.6 Å². The summed E-state index contributed by atoms with van der Waals surface area (Å²) in [5.41, 5.74) is -0.376. The molecule has 30 heavy (non-hydrogen) atoms. The summed E-state index contributed by atoms with van der Waals surface area (Å²) in [4.78, 5) is 27.7. The number of piperidine rings is 1. The molecule has 2 amide bonds. The summed E-state index contributed by atoms with van der Waals surface area (Å²) in [6.07, 6.45) is 1.31. The monoisotopic (exact) mass is 490 g/mol. The summed E-state index contributed by atoms with van der Waals surface area (Å²) >= 11 is 3.32. The molecule has 1 N–H and O–H groups in total. The molecule has 1 saturated carbocycles. The number of nitrogens with zero attached hydrogens (tertiary/aromatic N) is 1. The van der Waals surface area contributed by atoms with E-state index in [2.05, 4.69) is 20.7 Å². The van der Waals surface area contributed by atoms with Gasteiger partial charge in [0.1, 0.15) is 0 Å². The first-order chi connectivity index (χ1) is 14.0. The van der Waals surface area contributed by atoms with Crippen molar-refractivity contribution in [3.05, 3.63) is 53.0 Å². The van der Waals surface area contributed by atoms with Crippen molar-refractivity contribution in [1.82, 2.24) is 0 Å². The van der Waals surface area contributed by atoms with Gasteiger partial charge < -0.3 is 0 Å². The molecule has 0 radical (unpaired) electrons. The van der Waals surface area contributed by atoms with Crippen molar-refractivity contribution in [2.24, 2.45) is 16.7 Å². The average molecular weight is 491 g/mol. The molecular weight excluding hydrogens is 468 g/mol. The van der Waals surface area contributed by atoms with Crippen LogP contribution in [0.3, 0.4) is 0 Å². The van der Waals surface area contributed by atoms with Gasteiger partial charge in [-0.2, -0.15) is 0 Å². The maximum absolute atomic E-state index is 13.4. The zero-order valence-electron chi connectivity index (χ0n) is 17.0. The molecule has 2 fully saturated rings. The lowest BCUT2D eigenvalue weighted by molar-refractivity contribution is -0.146. The Morgan fingerprint density at radius 3 is 2.40 bits per heavy atom. The van der Waals surface area contributed by atoms with Gasteiger partial charge in [0.05, 0.1) is 16.0 Å². The van der Waals surface area contributed by atoms with Crippen molar-refractivity contribution in [3.63, 3.8) is 0 Å². The number of anilines is 2. The summed E-state index contributed by atoms with van der Waals surface area (Å²) in [6.45, 7) is 5.85. The third kappa shape index (κ3) is 3.08. The van der Waals surface area contributed by atoms with E-state index in [1.807, 2.05) is 20.8 Å². The largest absolute Gasteiger partial charge is 0.280 e. The van der Waals surface area contributed by atoms with Crippen LogP contribution in [0.4, 0.5) is 11.4 Å². The fraction of sp³-hybridized carbons (Fsp3) is 0.364. The lowest BCUT2D eigenvalue weighted by Gasteiger charge is -2.47. The average Bonchev–Trinajstić information content (AvgIpc) is 2.87. The fourth-order valence-electron chi connectivity index (χ4n) is 4.58. The molecule has 1 aliphatic carbocycles. The molecule has 0 unspecified atom stereocenters. The van der Waals surface area contributed by atoms with Crippen molar-refractivity contribution in [3.8, 4) is 0 Å². The molecule has 2 aromatic carbocycles. The summed E-state index contributed by atoms with van der Waals surface area (Å²) in [5.74, 6) is -0.779. The molecule has 1 saturated heterocycles. The quantitative estimate of drug-likeness (QED) is 0.636. The molecule has 2 atom stereocenters. The number of carbonyl (C=O) groups excluding carboxylic acids is 2. The number of fused-ring (bicyclic) bond motifs is 2. The first-order valence-corrected chi connectivity index (χ1v) is 12.0. The molecule has 4 rings (SSSR count). The number of benzene rings is 2. The van der Waals surface area contributed by atoms with Gasteiger partial charge in [0.15, 0.2) is 0 Å². The highest BCUT2D eigenvalue weighted by atomic mass is 79.9. The topological polar surface area (TPSA) is 83.6 Å². The molecule has 2 bridgehead atoms. The molecule has 0 spiro atoms. The third-order valence-electron chi connectivity index (χ3n) is 6.90. The van der Waals surface area contributed by atoms with Gasteiger partial charge in [-0.15, -0.1) is 0 Å². The van der Waals surface area contributed by atoms with Crippen molar-refractivity contribution in [2.75, 3.05) is 9.62 Å². The Kier molecular flexibility index (Phi) is 4.86. The lowest BCUT2D eigenvalue weighted by atomic mass is 9.62. The maximum Gasteiger partial charge on any atom is 0.261 e. The molecule has 8 heteroatoms. The number of amides is 2. The van der Waals surface area contributed by atoms with Crippen LogP contribution in [0.2, 0.25) is 0 Å². The smallest absolute Gasteiger partial charge is 0.261 e. The van der Waals surface area contributed by atoms with E-state index in [0.29, 0.717) is 18.5 Å². The predicted octanol–water partition coefficient (Wildman–Crippen LogP) is 4.57. The lowest BCUT2D eigenvalue weighted by Crippen LogP contribution is -2.59. The van der Waals surface area contributed by atoms with Gasteiger partial charge in [-0.1, -0.05) is 42.8 Å². The van der Waals surface area contributed by atoms with Gasteiger partial charge in [0, 0.05) is 16.1 Å². The Morgan fingerprint density at radius 1 is 1.07 bits per heavy atom. The van der Waals surface area contributed by atoms with E-state index in [-0.39, 0.29) is 28.3 Å². The maximum atomic E-state index is 13.4. The van der Waals surface area contributed by atoms with Crippen LogP contribution >= 0.6 is 15.9 Å². The summed E-state index contributed by atoms with van der Waals surface area (Å²) in [5, 5.41) is 0. The predicted molar refractivity (Wildman–Crippen MR) is 118 cm³/mol. The van der Waals surface area contributed by atoms with Gasteiger partial charge in [0.2, 0.25) is 11.8 Å². The van der Waals surface area contributed by atoms with E-state index < -0.39 is 20.9 Å². The Hall–Kier alpha value is -2.19. The minimum Gasteiger partial charge on any atom is -0.280 e. The van der Waals surface area contributed by atoms with Gasteiger partial charge in [-0.05, 0) is 60.7 Å². The van der Waals surface area contributed by atoms with Crippen LogP contribution in [0.15, 0.2) is 57.9 Å². The summed E-state index contributed by atoms with van der Waals surface area (Å²) in [7, 11) is -3.89. The van der Waals surface area contributed by atoms with Crippen LogP contribution in [0.5, 0.6) is 0 Å². The molecule has 158 valence electrons. The van der Waals surface area contributed by atoms with Gasteiger partial charge >= 0.3 is 0 Å². The SMILES string of the molecule is CC1(C)[C@H]2CC[C@]1(C)C(=O)N(c1cccc(S(=O)(=O)Nc3ccc(Br)cc3)c1)C2=O. The standard InChI is InChI=1S/C22H23BrN2O4S/c1-21(2)18-11-12-22(21,3)20(27)25(19(18)26)16-5-4-6-17(13-16)30(28,29)24-15-9-7-14(23)8-10-15/h4-10,13,18,24H,11-12H2,1-3H3/t18-,22+/m0/s1.